The molecule has 1 aromatic carbocycles. The minimum absolute atomic E-state index is 0.0235. The molecule has 4 rings (SSSR count). The van der Waals surface area contributed by atoms with Crippen LogP contribution in [0.4, 0.5) is 8.78 Å². The number of benzene rings is 1. The molecule has 0 amide bonds. The summed E-state index contributed by atoms with van der Waals surface area (Å²) in [7, 11) is -4.05. The molecule has 2 aromatic rings. The molecule has 1 saturated carbocycles. The molecule has 1 unspecified atom stereocenters. The lowest BCUT2D eigenvalue weighted by molar-refractivity contribution is 0.221. The molecule has 5 nitrogen and oxygen atoms in total. The monoisotopic (exact) mass is 395 g/mol. The van der Waals surface area contributed by atoms with Gasteiger partial charge in [0, 0.05) is 35.0 Å². The second-order valence-corrected chi connectivity index (χ2v) is 9.97. The van der Waals surface area contributed by atoms with E-state index < -0.39 is 21.6 Å². The quantitative estimate of drug-likeness (QED) is 0.763. The Balaban J connectivity index is 1.95. The molecule has 1 atom stereocenters. The van der Waals surface area contributed by atoms with Crippen LogP contribution in [0.3, 0.4) is 0 Å². The molecule has 2 aliphatic rings. The van der Waals surface area contributed by atoms with Gasteiger partial charge in [-0.1, -0.05) is 0 Å². The van der Waals surface area contributed by atoms with Gasteiger partial charge < -0.3 is 5.73 Å². The van der Waals surface area contributed by atoms with Crippen molar-refractivity contribution >= 4 is 20.8 Å². The predicted molar refractivity (Wildman–Crippen MR) is 99.4 cm³/mol. The second kappa shape index (κ2) is 6.18. The number of alkyl halides is 1. The van der Waals surface area contributed by atoms with Crippen LogP contribution in [0.25, 0.3) is 10.8 Å². The van der Waals surface area contributed by atoms with Gasteiger partial charge in [-0.05, 0) is 62.8 Å². The lowest BCUT2D eigenvalue weighted by atomic mass is 10.0. The molecule has 8 heteroatoms. The Kier molecular flexibility index (Phi) is 4.29. The van der Waals surface area contributed by atoms with Gasteiger partial charge in [0.25, 0.3) is 0 Å². The van der Waals surface area contributed by atoms with Crippen LogP contribution in [0.1, 0.15) is 49.4 Å². The Morgan fingerprint density at radius 2 is 1.96 bits per heavy atom. The highest BCUT2D eigenvalue weighted by Gasteiger charge is 2.33. The maximum absolute atomic E-state index is 14.7. The third kappa shape index (κ3) is 3.58. The van der Waals surface area contributed by atoms with E-state index in [1.54, 1.807) is 12.1 Å². The molecule has 0 bridgehead atoms. The van der Waals surface area contributed by atoms with E-state index in [2.05, 4.69) is 9.71 Å². The Morgan fingerprint density at radius 1 is 1.26 bits per heavy atom. The summed E-state index contributed by atoms with van der Waals surface area (Å²) in [5.41, 5.74) is 6.23. The summed E-state index contributed by atoms with van der Waals surface area (Å²) >= 11 is 0. The first-order chi connectivity index (χ1) is 12.5. The zero-order chi connectivity index (χ0) is 19.6. The second-order valence-electron chi connectivity index (χ2n) is 8.26. The number of sulfonamides is 1. The Labute approximate surface area is 157 Å². The molecule has 1 aromatic heterocycles. The number of aromatic nitrogens is 1. The number of nitrogens with zero attached hydrogens (tertiary/aromatic N) is 1. The van der Waals surface area contributed by atoms with Crippen molar-refractivity contribution in [3.05, 3.63) is 34.9 Å². The zero-order valence-corrected chi connectivity index (χ0v) is 16.2. The fourth-order valence-electron chi connectivity index (χ4n) is 3.69. The molecular weight excluding hydrogens is 372 g/mol. The molecule has 1 fully saturated rings. The van der Waals surface area contributed by atoms with E-state index in [-0.39, 0.29) is 28.8 Å². The molecule has 146 valence electrons. The summed E-state index contributed by atoms with van der Waals surface area (Å²) in [5.74, 6) is -0.493. The standard InChI is InChI=1S/C19H23F2N3O2S/c1-19(2,21)9-23-27(25,26)17-13-7-12(22)5-11(13)6-15-14(17)8-16(10-3-4-10)24-18(15)20/h6,8,10,12,23H,3-5,7,9,22H2,1-2H3. The Morgan fingerprint density at radius 3 is 2.59 bits per heavy atom. The first-order valence-corrected chi connectivity index (χ1v) is 10.6. The highest BCUT2D eigenvalue weighted by molar-refractivity contribution is 7.89. The third-order valence-electron chi connectivity index (χ3n) is 5.15. The summed E-state index contributed by atoms with van der Waals surface area (Å²) in [5, 5.41) is 0.480. The normalized spacial score (nSPS) is 20.3. The topological polar surface area (TPSA) is 85.1 Å². The van der Waals surface area contributed by atoms with Gasteiger partial charge in [-0.3, -0.25) is 0 Å². The van der Waals surface area contributed by atoms with Gasteiger partial charge in [-0.2, -0.15) is 4.39 Å². The Bertz CT molecular complexity index is 1030. The minimum Gasteiger partial charge on any atom is -0.327 e. The smallest absolute Gasteiger partial charge is 0.241 e. The van der Waals surface area contributed by atoms with Crippen LogP contribution in [0.15, 0.2) is 17.0 Å². The van der Waals surface area contributed by atoms with Crippen molar-refractivity contribution in [2.45, 2.75) is 62.1 Å². The number of nitrogens with two attached hydrogens (primary N) is 1. The first-order valence-electron chi connectivity index (χ1n) is 9.14. The Hall–Kier alpha value is -1.64. The summed E-state index contributed by atoms with van der Waals surface area (Å²) < 4.78 is 57.2. The van der Waals surface area contributed by atoms with Gasteiger partial charge in [0.2, 0.25) is 16.0 Å². The van der Waals surface area contributed by atoms with E-state index >= 15 is 0 Å². The SMILES string of the molecule is CC(C)(F)CNS(=O)(=O)c1c2c(cc3c(F)nc(C4CC4)cc13)CC(N)C2. The van der Waals surface area contributed by atoms with Crippen LogP contribution >= 0.6 is 0 Å². The van der Waals surface area contributed by atoms with Gasteiger partial charge in [0.15, 0.2) is 0 Å². The number of hydrogen-bond acceptors (Lipinski definition) is 4. The predicted octanol–water partition coefficient (Wildman–Crippen LogP) is 2.70. The molecule has 1 heterocycles. The molecule has 27 heavy (non-hydrogen) atoms. The third-order valence-corrected chi connectivity index (χ3v) is 6.68. The summed E-state index contributed by atoms with van der Waals surface area (Å²) in [6, 6.07) is 3.12. The van der Waals surface area contributed by atoms with Crippen LogP contribution in [-0.4, -0.2) is 31.7 Å². The molecule has 0 saturated heterocycles. The number of hydrogen-bond donors (Lipinski definition) is 2. The molecule has 0 aliphatic heterocycles. The maximum atomic E-state index is 14.7. The van der Waals surface area contributed by atoms with Crippen LogP contribution < -0.4 is 10.5 Å². The fraction of sp³-hybridized carbons (Fsp3) is 0.526. The van der Waals surface area contributed by atoms with Crippen LogP contribution in [0.5, 0.6) is 0 Å². The van der Waals surface area contributed by atoms with Crippen molar-refractivity contribution in [2.24, 2.45) is 5.73 Å². The van der Waals surface area contributed by atoms with Crippen molar-refractivity contribution in [2.75, 3.05) is 6.54 Å². The van der Waals surface area contributed by atoms with Crippen LogP contribution in [0, 0.1) is 5.95 Å². The van der Waals surface area contributed by atoms with E-state index in [9.17, 15) is 17.2 Å². The zero-order valence-electron chi connectivity index (χ0n) is 15.4. The lowest BCUT2D eigenvalue weighted by Crippen LogP contribution is -2.36. The van der Waals surface area contributed by atoms with E-state index in [4.69, 9.17) is 5.73 Å². The van der Waals surface area contributed by atoms with Gasteiger partial charge in [0.05, 0.1) is 4.90 Å². The first kappa shape index (κ1) is 18.7. The number of halogens is 2. The highest BCUT2D eigenvalue weighted by Crippen LogP contribution is 2.42. The van der Waals surface area contributed by atoms with Crippen molar-refractivity contribution in [3.8, 4) is 0 Å². The highest BCUT2D eigenvalue weighted by atomic mass is 32.2. The molecular formula is C19H23F2N3O2S. The molecule has 0 radical (unpaired) electrons. The average molecular weight is 395 g/mol. The molecule has 2 aliphatic carbocycles. The van der Waals surface area contributed by atoms with E-state index in [0.29, 0.717) is 29.5 Å². The van der Waals surface area contributed by atoms with Gasteiger partial charge in [0.1, 0.15) is 5.67 Å². The van der Waals surface area contributed by atoms with Gasteiger partial charge in [-0.15, -0.1) is 0 Å². The number of pyridine rings is 1. The number of fused-ring (bicyclic) bond motifs is 2. The number of rotatable bonds is 5. The van der Waals surface area contributed by atoms with Crippen molar-refractivity contribution in [3.63, 3.8) is 0 Å². The van der Waals surface area contributed by atoms with Crippen LogP contribution in [0.2, 0.25) is 0 Å². The average Bonchev–Trinajstić information content (AvgIpc) is 3.32. The summed E-state index contributed by atoms with van der Waals surface area (Å²) in [6.07, 6.45) is 2.71. The summed E-state index contributed by atoms with van der Waals surface area (Å²) in [4.78, 5) is 4.07. The van der Waals surface area contributed by atoms with Gasteiger partial charge in [-0.25, -0.2) is 22.5 Å². The van der Waals surface area contributed by atoms with Crippen molar-refractivity contribution < 1.29 is 17.2 Å². The molecule has 3 N–H and O–H groups in total. The van der Waals surface area contributed by atoms with Gasteiger partial charge >= 0.3 is 0 Å². The number of nitrogens with one attached hydrogen (secondary N) is 1. The van der Waals surface area contributed by atoms with Crippen LogP contribution in [-0.2, 0) is 22.9 Å². The fourth-order valence-corrected chi connectivity index (χ4v) is 5.37. The molecule has 0 spiro atoms. The van der Waals surface area contributed by atoms with Crippen molar-refractivity contribution in [1.82, 2.24) is 9.71 Å². The maximum Gasteiger partial charge on any atom is 0.241 e. The van der Waals surface area contributed by atoms with Crippen molar-refractivity contribution in [1.29, 1.82) is 0 Å². The van der Waals surface area contributed by atoms with E-state index in [1.807, 2.05) is 0 Å². The lowest BCUT2D eigenvalue weighted by Gasteiger charge is -2.18. The van der Waals surface area contributed by atoms with E-state index in [1.165, 1.54) is 13.8 Å². The minimum atomic E-state index is -4.05. The largest absolute Gasteiger partial charge is 0.327 e. The van der Waals surface area contributed by atoms with E-state index in [0.717, 1.165) is 18.4 Å². The summed E-state index contributed by atoms with van der Waals surface area (Å²) in [6.45, 7) is 2.23.